The number of ether oxygens (including phenoxy) is 3. The van der Waals surface area contributed by atoms with E-state index in [1.54, 1.807) is 36.4 Å². The summed E-state index contributed by atoms with van der Waals surface area (Å²) in [5.41, 5.74) is 2.56. The molecule has 0 radical (unpaired) electrons. The molecule has 1 fully saturated rings. The average Bonchev–Trinajstić information content (AvgIpc) is 3.12. The Morgan fingerprint density at radius 2 is 1.78 bits per heavy atom. The van der Waals surface area contributed by atoms with Crippen molar-refractivity contribution in [3.63, 3.8) is 0 Å². The molecule has 3 aromatic carbocycles. The molecule has 0 saturated carbocycles. The number of benzene rings is 3. The fourth-order valence-corrected chi connectivity index (χ4v) is 5.39. The van der Waals surface area contributed by atoms with Crippen LogP contribution in [0.4, 0.5) is 4.79 Å². The maximum absolute atomic E-state index is 12.9. The summed E-state index contributed by atoms with van der Waals surface area (Å²) in [5.74, 6) is 1.25. The number of nitrogens with zero attached hydrogens (tertiary/aromatic N) is 1. The Morgan fingerprint density at radius 3 is 2.49 bits per heavy atom. The van der Waals surface area contributed by atoms with E-state index < -0.39 is 0 Å². The van der Waals surface area contributed by atoms with Crippen molar-refractivity contribution in [2.24, 2.45) is 0 Å². The van der Waals surface area contributed by atoms with E-state index in [4.69, 9.17) is 37.4 Å². The molecule has 1 aliphatic rings. The molecule has 37 heavy (non-hydrogen) atoms. The lowest BCUT2D eigenvalue weighted by atomic mass is 10.1. The lowest BCUT2D eigenvalue weighted by molar-refractivity contribution is -0.123. The van der Waals surface area contributed by atoms with Gasteiger partial charge in [0.05, 0.1) is 23.0 Å². The van der Waals surface area contributed by atoms with Crippen LogP contribution in [-0.4, -0.2) is 36.3 Å². The number of halogens is 3. The van der Waals surface area contributed by atoms with Gasteiger partial charge in [0.15, 0.2) is 11.5 Å². The van der Waals surface area contributed by atoms with Crippen LogP contribution in [0.2, 0.25) is 10.0 Å². The van der Waals surface area contributed by atoms with Crippen LogP contribution in [0.3, 0.4) is 0 Å². The third-order valence-corrected chi connectivity index (χ3v) is 7.50. The molecular weight excluding hydrogens is 601 g/mol. The number of carbonyl (C=O) groups is 2. The first-order valence-electron chi connectivity index (χ1n) is 11.1. The minimum atomic E-state index is -0.365. The van der Waals surface area contributed by atoms with E-state index in [0.29, 0.717) is 42.2 Å². The number of hydrogen-bond donors (Lipinski definition) is 0. The van der Waals surface area contributed by atoms with Gasteiger partial charge in [0, 0.05) is 15.6 Å². The van der Waals surface area contributed by atoms with Crippen molar-refractivity contribution in [3.05, 3.63) is 90.7 Å². The van der Waals surface area contributed by atoms with Crippen LogP contribution < -0.4 is 14.2 Å². The smallest absolute Gasteiger partial charge is 0.293 e. The van der Waals surface area contributed by atoms with Crippen LogP contribution >= 0.6 is 50.9 Å². The summed E-state index contributed by atoms with van der Waals surface area (Å²) >= 11 is 16.6. The maximum atomic E-state index is 12.9. The van der Waals surface area contributed by atoms with E-state index in [9.17, 15) is 9.59 Å². The molecule has 1 saturated heterocycles. The highest BCUT2D eigenvalue weighted by Crippen LogP contribution is 2.40. The van der Waals surface area contributed by atoms with Gasteiger partial charge < -0.3 is 14.2 Å². The van der Waals surface area contributed by atoms with Crippen molar-refractivity contribution in [3.8, 4) is 17.2 Å². The Hall–Kier alpha value is -2.65. The SMILES string of the molecule is COc1cc(/C=C2\SC(=O)N(CCOc3ccc(C)cc3)C2=O)cc(Br)c1OCc1ccc(Cl)cc1Cl. The largest absolute Gasteiger partial charge is 0.493 e. The third kappa shape index (κ3) is 6.82. The Morgan fingerprint density at radius 1 is 1.03 bits per heavy atom. The highest BCUT2D eigenvalue weighted by Gasteiger charge is 2.35. The van der Waals surface area contributed by atoms with Crippen LogP contribution in [0, 0.1) is 6.92 Å². The molecule has 0 spiro atoms. The minimum Gasteiger partial charge on any atom is -0.493 e. The van der Waals surface area contributed by atoms with E-state index in [0.717, 1.165) is 22.9 Å². The van der Waals surface area contributed by atoms with Gasteiger partial charge in [-0.1, -0.05) is 47.0 Å². The number of amides is 2. The quantitative estimate of drug-likeness (QED) is 0.227. The van der Waals surface area contributed by atoms with Gasteiger partial charge in [-0.2, -0.15) is 0 Å². The van der Waals surface area contributed by atoms with Gasteiger partial charge in [0.1, 0.15) is 19.0 Å². The van der Waals surface area contributed by atoms with Gasteiger partial charge in [0.25, 0.3) is 11.1 Å². The van der Waals surface area contributed by atoms with Crippen molar-refractivity contribution in [1.82, 2.24) is 4.90 Å². The first-order chi connectivity index (χ1) is 17.7. The van der Waals surface area contributed by atoms with Gasteiger partial charge in [0.2, 0.25) is 0 Å². The zero-order valence-corrected chi connectivity index (χ0v) is 23.8. The maximum Gasteiger partial charge on any atom is 0.293 e. The van der Waals surface area contributed by atoms with Crippen LogP contribution in [0.25, 0.3) is 6.08 Å². The molecule has 6 nitrogen and oxygen atoms in total. The van der Waals surface area contributed by atoms with Crippen molar-refractivity contribution in [1.29, 1.82) is 0 Å². The van der Waals surface area contributed by atoms with Gasteiger partial charge in [-0.15, -0.1) is 0 Å². The second-order valence-corrected chi connectivity index (χ2v) is 10.7. The lowest BCUT2D eigenvalue weighted by Crippen LogP contribution is -2.32. The van der Waals surface area contributed by atoms with Crippen LogP contribution in [0.5, 0.6) is 17.2 Å². The fraction of sp³-hybridized carbons (Fsp3) is 0.185. The first-order valence-corrected chi connectivity index (χ1v) is 13.5. The van der Waals surface area contributed by atoms with E-state index >= 15 is 0 Å². The normalized spacial score (nSPS) is 14.4. The zero-order chi connectivity index (χ0) is 26.5. The number of hydrogen-bond acceptors (Lipinski definition) is 6. The van der Waals surface area contributed by atoms with Gasteiger partial charge >= 0.3 is 0 Å². The van der Waals surface area contributed by atoms with Crippen molar-refractivity contribution in [2.75, 3.05) is 20.3 Å². The summed E-state index contributed by atoms with van der Waals surface area (Å²) < 4.78 is 17.8. The van der Waals surface area contributed by atoms with Crippen LogP contribution in [-0.2, 0) is 11.4 Å². The molecule has 192 valence electrons. The van der Waals surface area contributed by atoms with Crippen LogP contribution in [0.1, 0.15) is 16.7 Å². The van der Waals surface area contributed by atoms with E-state index in [-0.39, 0.29) is 30.9 Å². The summed E-state index contributed by atoms with van der Waals surface area (Å²) in [5, 5.41) is 0.703. The number of aryl methyl sites for hydroxylation is 1. The Labute approximate surface area is 237 Å². The molecule has 0 aliphatic carbocycles. The van der Waals surface area contributed by atoms with E-state index in [2.05, 4.69) is 15.9 Å². The summed E-state index contributed by atoms with van der Waals surface area (Å²) in [4.78, 5) is 26.9. The first kappa shape index (κ1) is 27.4. The Balaban J connectivity index is 1.44. The topological polar surface area (TPSA) is 65.1 Å². The Bertz CT molecular complexity index is 1360. The zero-order valence-electron chi connectivity index (χ0n) is 19.9. The summed E-state index contributed by atoms with van der Waals surface area (Å²) in [6, 6.07) is 16.3. The standard InChI is InChI=1S/C27H22BrCl2NO5S/c1-16-3-7-20(8-4-16)35-10-9-31-26(32)24(37-27(31)33)13-17-11-21(28)25(23(12-17)34-2)36-15-18-5-6-19(29)14-22(18)30/h3-8,11-14H,9-10,15H2,1-2H3/b24-13-. The third-order valence-electron chi connectivity index (χ3n) is 5.41. The van der Waals surface area contributed by atoms with E-state index in [1.807, 2.05) is 31.2 Å². The molecule has 0 atom stereocenters. The molecule has 1 aliphatic heterocycles. The minimum absolute atomic E-state index is 0.156. The highest BCUT2D eigenvalue weighted by atomic mass is 79.9. The van der Waals surface area contributed by atoms with E-state index in [1.165, 1.54) is 12.0 Å². The number of imide groups is 1. The molecule has 0 unspecified atom stereocenters. The molecule has 3 aromatic rings. The van der Waals surface area contributed by atoms with Gasteiger partial charge in [-0.25, -0.2) is 0 Å². The number of carbonyl (C=O) groups excluding carboxylic acids is 2. The van der Waals surface area contributed by atoms with Crippen molar-refractivity contribution >= 4 is 68.1 Å². The van der Waals surface area contributed by atoms with Crippen molar-refractivity contribution in [2.45, 2.75) is 13.5 Å². The fourth-order valence-electron chi connectivity index (χ4n) is 3.49. The number of methoxy groups -OCH3 is 1. The summed E-state index contributed by atoms with van der Waals surface area (Å²) in [6.45, 7) is 2.55. The molecule has 10 heteroatoms. The molecule has 0 aromatic heterocycles. The second-order valence-electron chi connectivity index (χ2n) is 8.05. The lowest BCUT2D eigenvalue weighted by Gasteiger charge is -2.15. The second kappa shape index (κ2) is 12.3. The molecule has 4 rings (SSSR count). The molecule has 2 amide bonds. The van der Waals surface area contributed by atoms with Crippen molar-refractivity contribution < 1.29 is 23.8 Å². The summed E-state index contributed by atoms with van der Waals surface area (Å²) in [7, 11) is 1.52. The average molecular weight is 623 g/mol. The highest BCUT2D eigenvalue weighted by molar-refractivity contribution is 9.10. The molecule has 0 N–H and O–H groups in total. The molecule has 0 bridgehead atoms. The monoisotopic (exact) mass is 621 g/mol. The predicted molar refractivity (Wildman–Crippen MR) is 151 cm³/mol. The Kier molecular flexibility index (Phi) is 9.08. The molecule has 1 heterocycles. The predicted octanol–water partition coefficient (Wildman–Crippen LogP) is 7.77. The van der Waals surface area contributed by atoms with Gasteiger partial charge in [-0.3, -0.25) is 14.5 Å². The van der Waals surface area contributed by atoms with Gasteiger partial charge in [-0.05, 0) is 82.7 Å². The number of rotatable bonds is 9. The van der Waals surface area contributed by atoms with Crippen LogP contribution in [0.15, 0.2) is 64.0 Å². The summed E-state index contributed by atoms with van der Waals surface area (Å²) in [6.07, 6.45) is 1.65. The number of thioether (sulfide) groups is 1. The molecular formula is C27H22BrCl2NO5S.